The van der Waals surface area contributed by atoms with Gasteiger partial charge >= 0.3 is 0 Å². The zero-order valence-electron chi connectivity index (χ0n) is 8.84. The molecule has 1 unspecified atom stereocenters. The molecule has 0 saturated heterocycles. The van der Waals surface area contributed by atoms with Crippen LogP contribution in [0.1, 0.15) is 25.0 Å². The number of fused-ring (bicyclic) bond motifs is 1. The number of benzene rings is 1. The summed E-state index contributed by atoms with van der Waals surface area (Å²) in [5.41, 5.74) is 2.77. The summed E-state index contributed by atoms with van der Waals surface area (Å²) in [4.78, 5) is 0. The van der Waals surface area contributed by atoms with E-state index in [4.69, 9.17) is 4.74 Å². The van der Waals surface area contributed by atoms with Crippen LogP contribution in [0.25, 0.3) is 0 Å². The number of ether oxygens (including phenoxy) is 1. The van der Waals surface area contributed by atoms with Crippen LogP contribution in [0.4, 0.5) is 0 Å². The van der Waals surface area contributed by atoms with Gasteiger partial charge in [0, 0.05) is 18.2 Å². The molecule has 0 aromatic heterocycles. The topological polar surface area (TPSA) is 21.3 Å². The molecule has 14 heavy (non-hydrogen) atoms. The minimum absolute atomic E-state index is 0.559. The number of nitrogens with one attached hydrogen (secondary N) is 1. The molecule has 1 aromatic rings. The molecular weight excluding hydrogens is 174 g/mol. The van der Waals surface area contributed by atoms with Crippen LogP contribution >= 0.6 is 0 Å². The van der Waals surface area contributed by atoms with E-state index in [0.29, 0.717) is 6.04 Å². The van der Waals surface area contributed by atoms with E-state index in [1.54, 1.807) is 0 Å². The molecule has 0 fully saturated rings. The highest BCUT2D eigenvalue weighted by Crippen LogP contribution is 2.26. The molecule has 2 nitrogen and oxygen atoms in total. The lowest BCUT2D eigenvalue weighted by atomic mass is 9.96. The van der Waals surface area contributed by atoms with Crippen molar-refractivity contribution < 1.29 is 4.74 Å². The van der Waals surface area contributed by atoms with Gasteiger partial charge in [0.25, 0.3) is 0 Å². The summed E-state index contributed by atoms with van der Waals surface area (Å²) in [6.07, 6.45) is 1.07. The molecule has 0 saturated carbocycles. The van der Waals surface area contributed by atoms with Crippen molar-refractivity contribution in [3.05, 3.63) is 29.3 Å². The van der Waals surface area contributed by atoms with Crippen LogP contribution in [0, 0.1) is 0 Å². The van der Waals surface area contributed by atoms with E-state index < -0.39 is 0 Å². The van der Waals surface area contributed by atoms with Crippen LogP contribution in [0.3, 0.4) is 0 Å². The van der Waals surface area contributed by atoms with Gasteiger partial charge in [-0.2, -0.15) is 0 Å². The molecule has 1 atom stereocenters. The molecule has 2 rings (SSSR count). The molecule has 1 aromatic carbocycles. The SMILES string of the molecule is CCOc1cccc2c1CC(C)NC2. The molecule has 0 bridgehead atoms. The maximum atomic E-state index is 5.62. The molecule has 0 aliphatic carbocycles. The fourth-order valence-electron chi connectivity index (χ4n) is 1.96. The van der Waals surface area contributed by atoms with Gasteiger partial charge in [-0.05, 0) is 31.9 Å². The summed E-state index contributed by atoms with van der Waals surface area (Å²) >= 11 is 0. The van der Waals surface area contributed by atoms with Gasteiger partial charge in [0.2, 0.25) is 0 Å². The maximum Gasteiger partial charge on any atom is 0.122 e. The van der Waals surface area contributed by atoms with Crippen LogP contribution in [-0.2, 0) is 13.0 Å². The van der Waals surface area contributed by atoms with Crippen molar-refractivity contribution in [1.82, 2.24) is 5.32 Å². The first kappa shape index (κ1) is 9.53. The average Bonchev–Trinajstić information content (AvgIpc) is 2.19. The largest absolute Gasteiger partial charge is 0.494 e. The lowest BCUT2D eigenvalue weighted by Gasteiger charge is -2.25. The Bertz CT molecular complexity index is 322. The lowest BCUT2D eigenvalue weighted by Crippen LogP contribution is -2.33. The van der Waals surface area contributed by atoms with Gasteiger partial charge in [-0.15, -0.1) is 0 Å². The van der Waals surface area contributed by atoms with Crippen LogP contribution in [0.2, 0.25) is 0 Å². The van der Waals surface area contributed by atoms with Crippen molar-refractivity contribution in [2.75, 3.05) is 6.61 Å². The van der Waals surface area contributed by atoms with Crippen molar-refractivity contribution in [2.45, 2.75) is 32.9 Å². The smallest absolute Gasteiger partial charge is 0.122 e. The Morgan fingerprint density at radius 3 is 3.14 bits per heavy atom. The van der Waals surface area contributed by atoms with E-state index in [9.17, 15) is 0 Å². The first-order valence-electron chi connectivity index (χ1n) is 5.28. The van der Waals surface area contributed by atoms with Crippen LogP contribution < -0.4 is 10.1 Å². The van der Waals surface area contributed by atoms with Crippen molar-refractivity contribution in [3.8, 4) is 5.75 Å². The highest BCUT2D eigenvalue weighted by atomic mass is 16.5. The third kappa shape index (κ3) is 1.75. The van der Waals surface area contributed by atoms with E-state index in [0.717, 1.165) is 25.3 Å². The average molecular weight is 191 g/mol. The highest BCUT2D eigenvalue weighted by Gasteiger charge is 2.17. The Hall–Kier alpha value is -1.02. The number of rotatable bonds is 2. The Balaban J connectivity index is 2.33. The lowest BCUT2D eigenvalue weighted by molar-refractivity contribution is 0.332. The number of hydrogen-bond acceptors (Lipinski definition) is 2. The molecular formula is C12H17NO. The third-order valence-corrected chi connectivity index (χ3v) is 2.68. The molecule has 0 spiro atoms. The molecule has 1 aliphatic rings. The minimum Gasteiger partial charge on any atom is -0.494 e. The van der Waals surface area contributed by atoms with Gasteiger partial charge in [-0.25, -0.2) is 0 Å². The molecule has 1 aliphatic heterocycles. The van der Waals surface area contributed by atoms with E-state index in [1.165, 1.54) is 11.1 Å². The first-order valence-corrected chi connectivity index (χ1v) is 5.28. The molecule has 2 heteroatoms. The summed E-state index contributed by atoms with van der Waals surface area (Å²) in [5.74, 6) is 1.07. The predicted molar refractivity (Wildman–Crippen MR) is 57.6 cm³/mol. The van der Waals surface area contributed by atoms with Gasteiger partial charge in [0.15, 0.2) is 0 Å². The predicted octanol–water partition coefficient (Wildman–Crippen LogP) is 2.12. The normalized spacial score (nSPS) is 20.3. The monoisotopic (exact) mass is 191 g/mol. The van der Waals surface area contributed by atoms with Crippen LogP contribution in [0.15, 0.2) is 18.2 Å². The zero-order chi connectivity index (χ0) is 9.97. The van der Waals surface area contributed by atoms with E-state index in [-0.39, 0.29) is 0 Å². The van der Waals surface area contributed by atoms with Crippen molar-refractivity contribution >= 4 is 0 Å². The van der Waals surface area contributed by atoms with Gasteiger partial charge in [-0.3, -0.25) is 0 Å². The minimum atomic E-state index is 0.559. The van der Waals surface area contributed by atoms with Gasteiger partial charge < -0.3 is 10.1 Å². The van der Waals surface area contributed by atoms with Crippen molar-refractivity contribution in [1.29, 1.82) is 0 Å². The summed E-state index contributed by atoms with van der Waals surface area (Å²) in [5, 5.41) is 3.45. The van der Waals surface area contributed by atoms with E-state index >= 15 is 0 Å². The van der Waals surface area contributed by atoms with Gasteiger partial charge in [0.1, 0.15) is 5.75 Å². The summed E-state index contributed by atoms with van der Waals surface area (Å²) in [6, 6.07) is 6.88. The second-order valence-electron chi connectivity index (χ2n) is 3.81. The fourth-order valence-corrected chi connectivity index (χ4v) is 1.96. The summed E-state index contributed by atoms with van der Waals surface area (Å²) < 4.78 is 5.62. The maximum absolute atomic E-state index is 5.62. The second-order valence-corrected chi connectivity index (χ2v) is 3.81. The fraction of sp³-hybridized carbons (Fsp3) is 0.500. The van der Waals surface area contributed by atoms with Crippen molar-refractivity contribution in [3.63, 3.8) is 0 Å². The molecule has 1 N–H and O–H groups in total. The van der Waals surface area contributed by atoms with Crippen molar-refractivity contribution in [2.24, 2.45) is 0 Å². The third-order valence-electron chi connectivity index (χ3n) is 2.68. The summed E-state index contributed by atoms with van der Waals surface area (Å²) in [7, 11) is 0. The Kier molecular flexibility index (Phi) is 2.73. The Morgan fingerprint density at radius 1 is 1.50 bits per heavy atom. The summed E-state index contributed by atoms with van der Waals surface area (Å²) in [6.45, 7) is 5.96. The van der Waals surface area contributed by atoms with Crippen LogP contribution in [0.5, 0.6) is 5.75 Å². The second kappa shape index (κ2) is 4.01. The van der Waals surface area contributed by atoms with Gasteiger partial charge in [0.05, 0.1) is 6.61 Å². The van der Waals surface area contributed by atoms with E-state index in [2.05, 4.69) is 30.4 Å². The highest BCUT2D eigenvalue weighted by molar-refractivity contribution is 5.42. The number of hydrogen-bond donors (Lipinski definition) is 1. The Labute approximate surface area is 85.3 Å². The molecule has 1 heterocycles. The molecule has 0 radical (unpaired) electrons. The Morgan fingerprint density at radius 2 is 2.36 bits per heavy atom. The van der Waals surface area contributed by atoms with Crippen LogP contribution in [-0.4, -0.2) is 12.6 Å². The zero-order valence-corrected chi connectivity index (χ0v) is 8.84. The molecule has 0 amide bonds. The quantitative estimate of drug-likeness (QED) is 0.773. The van der Waals surface area contributed by atoms with Gasteiger partial charge in [-0.1, -0.05) is 12.1 Å². The standard InChI is InChI=1S/C12H17NO/c1-3-14-12-6-4-5-10-8-13-9(2)7-11(10)12/h4-6,9,13H,3,7-8H2,1-2H3. The first-order chi connectivity index (χ1) is 6.81. The molecule has 76 valence electrons. The van der Waals surface area contributed by atoms with E-state index in [1.807, 2.05) is 6.92 Å².